The van der Waals surface area contributed by atoms with Gasteiger partial charge in [0.1, 0.15) is 17.8 Å². The Hall–Kier alpha value is -2.31. The van der Waals surface area contributed by atoms with E-state index in [4.69, 9.17) is 23.2 Å². The Morgan fingerprint density at radius 2 is 1.92 bits per heavy atom. The maximum absolute atomic E-state index is 12.6. The fourth-order valence-corrected chi connectivity index (χ4v) is 3.69. The number of amides is 1. The molecule has 6 nitrogen and oxygen atoms in total. The summed E-state index contributed by atoms with van der Waals surface area (Å²) < 4.78 is 0. The SMILES string of the molecule is O=C(Cc1ccc(Cl)cc1Cl)N1CCN(c2ncnc3[nH]ccc23)CC1. The van der Waals surface area contributed by atoms with E-state index in [0.29, 0.717) is 23.1 Å². The molecule has 0 radical (unpaired) electrons. The van der Waals surface area contributed by atoms with Crippen molar-refractivity contribution in [1.82, 2.24) is 19.9 Å². The third-order valence-electron chi connectivity index (χ3n) is 4.62. The van der Waals surface area contributed by atoms with Crippen LogP contribution in [0.25, 0.3) is 11.0 Å². The molecule has 1 N–H and O–H groups in total. The van der Waals surface area contributed by atoms with Crippen molar-refractivity contribution in [2.24, 2.45) is 0 Å². The van der Waals surface area contributed by atoms with Gasteiger partial charge in [0, 0.05) is 42.4 Å². The second kappa shape index (κ2) is 7.13. The number of anilines is 1. The number of aromatic amines is 1. The van der Waals surface area contributed by atoms with Gasteiger partial charge in [-0.1, -0.05) is 29.3 Å². The summed E-state index contributed by atoms with van der Waals surface area (Å²) in [4.78, 5) is 28.4. The number of halogens is 2. The summed E-state index contributed by atoms with van der Waals surface area (Å²) in [6.07, 6.45) is 3.71. The second-order valence-electron chi connectivity index (χ2n) is 6.22. The fraction of sp³-hybridized carbons (Fsp3) is 0.278. The van der Waals surface area contributed by atoms with Crippen molar-refractivity contribution in [3.05, 3.63) is 52.4 Å². The van der Waals surface area contributed by atoms with Crippen LogP contribution in [0.2, 0.25) is 10.0 Å². The average molecular weight is 390 g/mol. The Morgan fingerprint density at radius 3 is 2.69 bits per heavy atom. The number of nitrogens with zero attached hydrogens (tertiary/aromatic N) is 4. The highest BCUT2D eigenvalue weighted by Crippen LogP contribution is 2.24. The summed E-state index contributed by atoms with van der Waals surface area (Å²) in [5.41, 5.74) is 1.62. The first-order valence-corrected chi connectivity index (χ1v) is 9.12. The molecule has 1 saturated heterocycles. The molecular weight excluding hydrogens is 373 g/mol. The molecular formula is C18H17Cl2N5O. The van der Waals surface area contributed by atoms with E-state index in [1.165, 1.54) is 0 Å². The number of hydrogen-bond acceptors (Lipinski definition) is 4. The number of piperazine rings is 1. The minimum atomic E-state index is 0.0725. The van der Waals surface area contributed by atoms with Crippen molar-refractivity contribution in [3.8, 4) is 0 Å². The third-order valence-corrected chi connectivity index (χ3v) is 5.21. The van der Waals surface area contributed by atoms with Crippen LogP contribution in [0.5, 0.6) is 0 Å². The number of fused-ring (bicyclic) bond motifs is 1. The Morgan fingerprint density at radius 1 is 1.12 bits per heavy atom. The summed E-state index contributed by atoms with van der Waals surface area (Å²) in [6, 6.07) is 7.21. The summed E-state index contributed by atoms with van der Waals surface area (Å²) in [5, 5.41) is 2.10. The minimum absolute atomic E-state index is 0.0725. The molecule has 1 amide bonds. The normalized spacial score (nSPS) is 14.8. The van der Waals surface area contributed by atoms with Crippen molar-refractivity contribution >= 4 is 46.0 Å². The van der Waals surface area contributed by atoms with Crippen LogP contribution in [0.3, 0.4) is 0 Å². The van der Waals surface area contributed by atoms with Crippen LogP contribution in [0.1, 0.15) is 5.56 Å². The molecule has 8 heteroatoms. The molecule has 0 unspecified atom stereocenters. The van der Waals surface area contributed by atoms with Gasteiger partial charge in [0.2, 0.25) is 5.91 Å². The van der Waals surface area contributed by atoms with Gasteiger partial charge in [-0.3, -0.25) is 4.79 Å². The van der Waals surface area contributed by atoms with Gasteiger partial charge < -0.3 is 14.8 Å². The molecule has 0 bridgehead atoms. The molecule has 1 aliphatic heterocycles. The molecule has 1 aliphatic rings. The van der Waals surface area contributed by atoms with Gasteiger partial charge in [0.05, 0.1) is 11.8 Å². The van der Waals surface area contributed by atoms with Crippen molar-refractivity contribution in [2.45, 2.75) is 6.42 Å². The van der Waals surface area contributed by atoms with Gasteiger partial charge in [-0.25, -0.2) is 9.97 Å². The molecule has 2 aromatic heterocycles. The first kappa shape index (κ1) is 17.1. The van der Waals surface area contributed by atoms with Crippen molar-refractivity contribution in [3.63, 3.8) is 0 Å². The molecule has 4 rings (SSSR count). The number of aromatic nitrogens is 3. The number of benzene rings is 1. The quantitative estimate of drug-likeness (QED) is 0.746. The number of hydrogen-bond donors (Lipinski definition) is 1. The second-order valence-corrected chi connectivity index (χ2v) is 7.06. The highest BCUT2D eigenvalue weighted by molar-refractivity contribution is 6.35. The standard InChI is InChI=1S/C18H17Cl2N5O/c19-13-2-1-12(15(20)10-13)9-16(26)24-5-7-25(8-6-24)18-14-3-4-21-17(14)22-11-23-18/h1-4,10-11H,5-9H2,(H,21,22,23). The summed E-state index contributed by atoms with van der Waals surface area (Å²) in [5.74, 6) is 0.979. The van der Waals surface area contributed by atoms with E-state index < -0.39 is 0 Å². The molecule has 3 heterocycles. The highest BCUT2D eigenvalue weighted by Gasteiger charge is 2.23. The van der Waals surface area contributed by atoms with E-state index in [1.54, 1.807) is 18.5 Å². The Bertz CT molecular complexity index is 950. The van der Waals surface area contributed by atoms with Gasteiger partial charge in [-0.05, 0) is 23.8 Å². The first-order valence-electron chi connectivity index (χ1n) is 8.36. The van der Waals surface area contributed by atoms with Crippen LogP contribution in [0, 0.1) is 0 Å². The Labute approximate surface area is 160 Å². The smallest absolute Gasteiger partial charge is 0.227 e. The molecule has 0 atom stereocenters. The molecule has 0 saturated carbocycles. The van der Waals surface area contributed by atoms with E-state index in [2.05, 4.69) is 19.9 Å². The molecule has 134 valence electrons. The van der Waals surface area contributed by atoms with Gasteiger partial charge in [-0.2, -0.15) is 0 Å². The largest absolute Gasteiger partial charge is 0.352 e. The maximum Gasteiger partial charge on any atom is 0.227 e. The number of carbonyl (C=O) groups is 1. The minimum Gasteiger partial charge on any atom is -0.352 e. The zero-order valence-corrected chi connectivity index (χ0v) is 15.5. The number of rotatable bonds is 3. The lowest BCUT2D eigenvalue weighted by Crippen LogP contribution is -2.49. The van der Waals surface area contributed by atoms with E-state index in [9.17, 15) is 4.79 Å². The summed E-state index contributed by atoms with van der Waals surface area (Å²) in [6.45, 7) is 2.77. The Kier molecular flexibility index (Phi) is 4.70. The number of nitrogens with one attached hydrogen (secondary N) is 1. The molecule has 1 fully saturated rings. The first-order chi connectivity index (χ1) is 12.6. The van der Waals surface area contributed by atoms with Crippen LogP contribution < -0.4 is 4.90 Å². The number of carbonyl (C=O) groups excluding carboxylic acids is 1. The molecule has 3 aromatic rings. The van der Waals surface area contributed by atoms with Crippen molar-refractivity contribution in [1.29, 1.82) is 0 Å². The van der Waals surface area contributed by atoms with Crippen LogP contribution in [-0.2, 0) is 11.2 Å². The lowest BCUT2D eigenvalue weighted by atomic mass is 10.1. The number of H-pyrrole nitrogens is 1. The fourth-order valence-electron chi connectivity index (χ4n) is 3.22. The molecule has 1 aromatic carbocycles. The molecule has 0 aliphatic carbocycles. The third kappa shape index (κ3) is 3.34. The lowest BCUT2D eigenvalue weighted by molar-refractivity contribution is -0.130. The zero-order chi connectivity index (χ0) is 18.1. The summed E-state index contributed by atoms with van der Waals surface area (Å²) in [7, 11) is 0. The van der Waals surface area contributed by atoms with Gasteiger partial charge in [0.25, 0.3) is 0 Å². The highest BCUT2D eigenvalue weighted by atomic mass is 35.5. The zero-order valence-electron chi connectivity index (χ0n) is 14.0. The van der Waals surface area contributed by atoms with Crippen molar-refractivity contribution < 1.29 is 4.79 Å². The van der Waals surface area contributed by atoms with Crippen LogP contribution >= 0.6 is 23.2 Å². The van der Waals surface area contributed by atoms with Crippen LogP contribution in [0.15, 0.2) is 36.8 Å². The van der Waals surface area contributed by atoms with E-state index in [0.717, 1.165) is 35.5 Å². The lowest BCUT2D eigenvalue weighted by Gasteiger charge is -2.35. The predicted molar refractivity (Wildman–Crippen MR) is 103 cm³/mol. The molecule has 0 spiro atoms. The molecule has 26 heavy (non-hydrogen) atoms. The topological polar surface area (TPSA) is 65.1 Å². The summed E-state index contributed by atoms with van der Waals surface area (Å²) >= 11 is 12.1. The van der Waals surface area contributed by atoms with Crippen molar-refractivity contribution in [2.75, 3.05) is 31.1 Å². The Balaban J connectivity index is 1.41. The maximum atomic E-state index is 12.6. The van der Waals surface area contributed by atoms with Crippen LogP contribution in [0.4, 0.5) is 5.82 Å². The van der Waals surface area contributed by atoms with E-state index in [-0.39, 0.29) is 12.3 Å². The van der Waals surface area contributed by atoms with E-state index in [1.807, 2.05) is 23.2 Å². The van der Waals surface area contributed by atoms with Gasteiger partial charge >= 0.3 is 0 Å². The van der Waals surface area contributed by atoms with Gasteiger partial charge in [0.15, 0.2) is 0 Å². The van der Waals surface area contributed by atoms with Crippen LogP contribution in [-0.4, -0.2) is 51.9 Å². The predicted octanol–water partition coefficient (Wildman–Crippen LogP) is 3.16. The average Bonchev–Trinajstić information content (AvgIpc) is 3.13. The van der Waals surface area contributed by atoms with Gasteiger partial charge in [-0.15, -0.1) is 0 Å². The monoisotopic (exact) mass is 389 g/mol. The van der Waals surface area contributed by atoms with E-state index >= 15 is 0 Å².